The highest BCUT2D eigenvalue weighted by atomic mass is 79.9. The topological polar surface area (TPSA) is 81.0 Å². The number of hydrogen-bond donors (Lipinski definition) is 1. The van der Waals surface area contributed by atoms with E-state index in [1.54, 1.807) is 6.07 Å². The summed E-state index contributed by atoms with van der Waals surface area (Å²) in [5.74, 6) is 1.46. The monoisotopic (exact) mass is 417 g/mol. The third kappa shape index (κ3) is 3.73. The van der Waals surface area contributed by atoms with Gasteiger partial charge in [0.05, 0.1) is 11.7 Å². The van der Waals surface area contributed by atoms with E-state index < -0.39 is 0 Å². The van der Waals surface area contributed by atoms with Crippen LogP contribution in [0.25, 0.3) is 22.3 Å². The molecular weight excluding hydrogens is 398 g/mol. The Bertz CT molecular complexity index is 974. The summed E-state index contributed by atoms with van der Waals surface area (Å²) in [6.07, 6.45) is 4.79. The predicted octanol–water partition coefficient (Wildman–Crippen LogP) is 4.44. The molecule has 0 saturated heterocycles. The van der Waals surface area contributed by atoms with Gasteiger partial charge in [0.25, 0.3) is 11.4 Å². The smallest absolute Gasteiger partial charge is 0.259 e. The first-order chi connectivity index (χ1) is 12.6. The molecule has 1 fully saturated rings. The van der Waals surface area contributed by atoms with Crippen LogP contribution in [0.15, 0.2) is 38.1 Å². The molecular formula is C19H20BrN3O3. The van der Waals surface area contributed by atoms with Gasteiger partial charge in [0.2, 0.25) is 5.82 Å². The Hall–Kier alpha value is -1.99. The Morgan fingerprint density at radius 3 is 2.88 bits per heavy atom. The van der Waals surface area contributed by atoms with Crippen LogP contribution in [-0.2, 0) is 11.3 Å². The van der Waals surface area contributed by atoms with Gasteiger partial charge < -0.3 is 14.2 Å². The molecule has 0 unspecified atom stereocenters. The summed E-state index contributed by atoms with van der Waals surface area (Å²) in [7, 11) is 0. The van der Waals surface area contributed by atoms with Crippen LogP contribution in [0.4, 0.5) is 0 Å². The van der Waals surface area contributed by atoms with E-state index in [0.717, 1.165) is 34.1 Å². The maximum atomic E-state index is 12.3. The van der Waals surface area contributed by atoms with Crippen LogP contribution in [0.3, 0.4) is 0 Å². The fraction of sp³-hybridized carbons (Fsp3) is 0.421. The lowest BCUT2D eigenvalue weighted by molar-refractivity contribution is -0.00256. The quantitative estimate of drug-likeness (QED) is 0.678. The number of H-pyrrole nitrogens is 1. The zero-order valence-corrected chi connectivity index (χ0v) is 16.1. The van der Waals surface area contributed by atoms with Gasteiger partial charge in [-0.1, -0.05) is 28.0 Å². The van der Waals surface area contributed by atoms with Crippen LogP contribution >= 0.6 is 15.9 Å². The molecule has 0 atom stereocenters. The number of aromatic nitrogens is 3. The average Bonchev–Trinajstić information content (AvgIpc) is 3.10. The van der Waals surface area contributed by atoms with Crippen molar-refractivity contribution in [1.29, 1.82) is 0 Å². The number of pyridine rings is 1. The molecule has 1 aliphatic rings. The Morgan fingerprint density at radius 2 is 2.08 bits per heavy atom. The maximum Gasteiger partial charge on any atom is 0.259 e. The zero-order chi connectivity index (χ0) is 18.1. The van der Waals surface area contributed by atoms with Crippen molar-refractivity contribution in [2.75, 3.05) is 0 Å². The van der Waals surface area contributed by atoms with Gasteiger partial charge in [0.1, 0.15) is 6.61 Å². The van der Waals surface area contributed by atoms with Gasteiger partial charge in [-0.2, -0.15) is 4.98 Å². The largest absolute Gasteiger partial charge is 0.368 e. The summed E-state index contributed by atoms with van der Waals surface area (Å²) < 4.78 is 12.1. The Kier molecular flexibility index (Phi) is 4.91. The van der Waals surface area contributed by atoms with E-state index in [2.05, 4.69) is 38.0 Å². The van der Waals surface area contributed by atoms with Crippen molar-refractivity contribution in [3.63, 3.8) is 0 Å². The Labute approximate surface area is 159 Å². The van der Waals surface area contributed by atoms with Gasteiger partial charge in [-0.25, -0.2) is 0 Å². The second kappa shape index (κ2) is 7.32. The highest BCUT2D eigenvalue weighted by Crippen LogP contribution is 2.26. The number of benzene rings is 1. The minimum Gasteiger partial charge on any atom is -0.368 e. The fourth-order valence-corrected chi connectivity index (χ4v) is 3.73. The molecule has 4 rings (SSSR count). The van der Waals surface area contributed by atoms with Crippen molar-refractivity contribution in [2.45, 2.75) is 45.3 Å². The van der Waals surface area contributed by atoms with E-state index >= 15 is 0 Å². The lowest BCUT2D eigenvalue weighted by Gasteiger charge is -2.25. The standard InChI is InChI=1S/C19H20BrN3O3/c1-11-2-5-14(6-3-11)25-10-17-22-18(23-26-17)15-9-12-8-13(20)4-7-16(12)21-19(15)24/h4,7-9,11,14H,2-3,5-6,10H2,1H3,(H,21,24). The second-order valence-electron chi connectivity index (χ2n) is 6.95. The van der Waals surface area contributed by atoms with E-state index in [1.807, 2.05) is 18.2 Å². The molecule has 0 amide bonds. The van der Waals surface area contributed by atoms with Crippen LogP contribution in [0.5, 0.6) is 0 Å². The molecule has 26 heavy (non-hydrogen) atoms. The van der Waals surface area contributed by atoms with Crippen molar-refractivity contribution in [3.8, 4) is 11.4 Å². The minimum absolute atomic E-state index is 0.241. The maximum absolute atomic E-state index is 12.3. The molecule has 1 aliphatic carbocycles. The fourth-order valence-electron chi connectivity index (χ4n) is 3.35. The molecule has 2 aromatic heterocycles. The van der Waals surface area contributed by atoms with E-state index in [1.165, 1.54) is 12.8 Å². The number of nitrogens with zero attached hydrogens (tertiary/aromatic N) is 2. The van der Waals surface area contributed by atoms with Crippen LogP contribution in [0.1, 0.15) is 38.5 Å². The van der Waals surface area contributed by atoms with E-state index in [4.69, 9.17) is 9.26 Å². The second-order valence-corrected chi connectivity index (χ2v) is 7.86. The van der Waals surface area contributed by atoms with Crippen molar-refractivity contribution >= 4 is 26.8 Å². The molecule has 2 heterocycles. The van der Waals surface area contributed by atoms with Gasteiger partial charge in [-0.15, -0.1) is 0 Å². The van der Waals surface area contributed by atoms with Crippen LogP contribution in [0, 0.1) is 5.92 Å². The number of hydrogen-bond acceptors (Lipinski definition) is 5. The SMILES string of the molecule is CC1CCC(OCc2nc(-c3cc4cc(Br)ccc4[nH]c3=O)no2)CC1. The molecule has 1 aromatic carbocycles. The lowest BCUT2D eigenvalue weighted by Crippen LogP contribution is -2.20. The summed E-state index contributed by atoms with van der Waals surface area (Å²) in [6, 6.07) is 7.44. The Morgan fingerprint density at radius 1 is 1.27 bits per heavy atom. The number of rotatable bonds is 4. The number of halogens is 1. The number of nitrogens with one attached hydrogen (secondary N) is 1. The molecule has 1 N–H and O–H groups in total. The minimum atomic E-state index is -0.241. The summed E-state index contributed by atoms with van der Waals surface area (Å²) in [5.41, 5.74) is 0.909. The molecule has 3 aromatic rings. The molecule has 1 saturated carbocycles. The molecule has 0 spiro atoms. The van der Waals surface area contributed by atoms with Crippen molar-refractivity contribution < 1.29 is 9.26 Å². The predicted molar refractivity (Wildman–Crippen MR) is 102 cm³/mol. The molecule has 0 aliphatic heterocycles. The number of aromatic amines is 1. The lowest BCUT2D eigenvalue weighted by atomic mass is 9.89. The van der Waals surface area contributed by atoms with Crippen LogP contribution < -0.4 is 5.56 Å². The molecule has 136 valence electrons. The first-order valence-corrected chi connectivity index (χ1v) is 9.65. The number of ether oxygens (including phenoxy) is 1. The van der Waals surface area contributed by atoms with Crippen LogP contribution in [0.2, 0.25) is 0 Å². The molecule has 0 radical (unpaired) electrons. The summed E-state index contributed by atoms with van der Waals surface area (Å²) in [5, 5.41) is 4.85. The van der Waals surface area contributed by atoms with Crippen LogP contribution in [-0.4, -0.2) is 21.2 Å². The Balaban J connectivity index is 1.51. The highest BCUT2D eigenvalue weighted by molar-refractivity contribution is 9.10. The molecule has 7 heteroatoms. The van der Waals surface area contributed by atoms with E-state index in [0.29, 0.717) is 11.5 Å². The van der Waals surface area contributed by atoms with Gasteiger partial charge >= 0.3 is 0 Å². The average molecular weight is 418 g/mol. The number of fused-ring (bicyclic) bond motifs is 1. The van der Waals surface area contributed by atoms with Crippen molar-refractivity contribution in [3.05, 3.63) is 45.0 Å². The summed E-state index contributed by atoms with van der Waals surface area (Å²) in [4.78, 5) is 19.5. The van der Waals surface area contributed by atoms with Crippen molar-refractivity contribution in [2.24, 2.45) is 5.92 Å². The first-order valence-electron chi connectivity index (χ1n) is 8.85. The third-order valence-corrected chi connectivity index (χ3v) is 5.41. The zero-order valence-electron chi connectivity index (χ0n) is 14.5. The van der Waals surface area contributed by atoms with Gasteiger partial charge in [0, 0.05) is 15.4 Å². The van der Waals surface area contributed by atoms with Gasteiger partial charge in [-0.3, -0.25) is 4.79 Å². The third-order valence-electron chi connectivity index (χ3n) is 4.92. The highest BCUT2D eigenvalue weighted by Gasteiger charge is 2.20. The van der Waals surface area contributed by atoms with E-state index in [-0.39, 0.29) is 24.1 Å². The summed E-state index contributed by atoms with van der Waals surface area (Å²) in [6.45, 7) is 2.56. The van der Waals surface area contributed by atoms with Crippen molar-refractivity contribution in [1.82, 2.24) is 15.1 Å². The first kappa shape index (κ1) is 17.4. The van der Waals surface area contributed by atoms with E-state index in [9.17, 15) is 4.79 Å². The molecule has 6 nitrogen and oxygen atoms in total. The van der Waals surface area contributed by atoms with Gasteiger partial charge in [-0.05, 0) is 55.9 Å². The molecule has 0 bridgehead atoms. The summed E-state index contributed by atoms with van der Waals surface area (Å²) >= 11 is 3.44. The normalized spacial score (nSPS) is 20.5. The van der Waals surface area contributed by atoms with Gasteiger partial charge in [0.15, 0.2) is 0 Å².